The van der Waals surface area contributed by atoms with Gasteiger partial charge in [0.05, 0.1) is 0 Å². The van der Waals surface area contributed by atoms with Crippen LogP contribution in [-0.4, -0.2) is 20.7 Å². The molecule has 0 fully saturated rings. The molecule has 0 saturated heterocycles. The van der Waals surface area contributed by atoms with Gasteiger partial charge in [-0.1, -0.05) is 9.59 Å². The number of hydrogen-bond donors (Lipinski definition) is 2. The number of hydrogen-bond acceptors (Lipinski definition) is 6. The van der Waals surface area contributed by atoms with E-state index in [2.05, 4.69) is 20.1 Å². The summed E-state index contributed by atoms with van der Waals surface area (Å²) in [5.41, 5.74) is 7.61. The molecule has 7 heteroatoms. The lowest BCUT2D eigenvalue weighted by Gasteiger charge is -2.05. The summed E-state index contributed by atoms with van der Waals surface area (Å²) in [5, 5.41) is 10.00. The average molecular weight is 235 g/mol. The van der Waals surface area contributed by atoms with E-state index in [9.17, 15) is 4.79 Å². The Balaban J connectivity index is 2.21. The van der Waals surface area contributed by atoms with E-state index in [0.717, 1.165) is 17.1 Å². The van der Waals surface area contributed by atoms with Crippen molar-refractivity contribution in [2.45, 2.75) is 6.92 Å². The van der Waals surface area contributed by atoms with Gasteiger partial charge in [0.15, 0.2) is 0 Å². The third-order valence-corrected chi connectivity index (χ3v) is 2.53. The first kappa shape index (κ1) is 10.5. The molecule has 0 aliphatic heterocycles. The topological polar surface area (TPSA) is 93.8 Å². The Morgan fingerprint density at radius 2 is 2.31 bits per heavy atom. The molecule has 1 heterocycles. The highest BCUT2D eigenvalue weighted by molar-refractivity contribution is 7.09. The van der Waals surface area contributed by atoms with Gasteiger partial charge in [0, 0.05) is 22.8 Å². The Morgan fingerprint density at radius 3 is 2.94 bits per heavy atom. The fraction of sp³-hybridized carbons (Fsp3) is 0.111. The van der Waals surface area contributed by atoms with Crippen LogP contribution in [0.1, 0.15) is 15.9 Å². The van der Waals surface area contributed by atoms with Crippen LogP contribution in [0.2, 0.25) is 0 Å². The van der Waals surface area contributed by atoms with Gasteiger partial charge in [-0.25, -0.2) is 0 Å². The summed E-state index contributed by atoms with van der Waals surface area (Å²) in [6.07, 6.45) is 0. The van der Waals surface area contributed by atoms with Gasteiger partial charge in [0.25, 0.3) is 5.91 Å². The van der Waals surface area contributed by atoms with E-state index in [0.29, 0.717) is 16.4 Å². The van der Waals surface area contributed by atoms with Crippen molar-refractivity contribution in [3.8, 4) is 0 Å². The Kier molecular flexibility index (Phi) is 2.78. The van der Waals surface area contributed by atoms with Crippen molar-refractivity contribution in [2.24, 2.45) is 0 Å². The monoisotopic (exact) mass is 235 g/mol. The summed E-state index contributed by atoms with van der Waals surface area (Å²) in [4.78, 5) is 11.8. The Bertz CT molecular complexity index is 511. The molecule has 1 aromatic heterocycles. The van der Waals surface area contributed by atoms with Gasteiger partial charge in [0.2, 0.25) is 5.13 Å². The quantitative estimate of drug-likeness (QED) is 0.759. The molecule has 2 rings (SSSR count). The lowest BCUT2D eigenvalue weighted by atomic mass is 10.1. The second-order valence-electron chi connectivity index (χ2n) is 3.20. The standard InChI is InChI=1S/C9H9N5OS/c1-5-4-6(10)2-3-7(5)8(15)11-9-12-13-14-16-9/h2-4H,10H2,1H3,(H,11,12,14,15). The Hall–Kier alpha value is -2.02. The molecule has 6 nitrogen and oxygen atoms in total. The summed E-state index contributed by atoms with van der Waals surface area (Å²) in [6, 6.07) is 5.10. The minimum atomic E-state index is -0.240. The number of nitrogens with zero attached hydrogens (tertiary/aromatic N) is 3. The van der Waals surface area contributed by atoms with Crippen molar-refractivity contribution in [1.29, 1.82) is 0 Å². The molecular weight excluding hydrogens is 226 g/mol. The number of nitrogens with two attached hydrogens (primary N) is 1. The Labute approximate surface area is 95.6 Å². The summed E-state index contributed by atoms with van der Waals surface area (Å²) < 4.78 is 3.55. The predicted octanol–water partition coefficient (Wildman–Crippen LogP) is 1.08. The van der Waals surface area contributed by atoms with Crippen LogP contribution >= 0.6 is 11.5 Å². The summed E-state index contributed by atoms with van der Waals surface area (Å²) >= 11 is 1.03. The van der Waals surface area contributed by atoms with Crippen molar-refractivity contribution in [1.82, 2.24) is 14.8 Å². The van der Waals surface area contributed by atoms with E-state index < -0.39 is 0 Å². The van der Waals surface area contributed by atoms with E-state index in [1.54, 1.807) is 18.2 Å². The first-order valence-electron chi connectivity index (χ1n) is 4.49. The van der Waals surface area contributed by atoms with Crippen LogP contribution in [0.15, 0.2) is 18.2 Å². The molecule has 0 atom stereocenters. The second-order valence-corrected chi connectivity index (χ2v) is 3.93. The van der Waals surface area contributed by atoms with Crippen molar-refractivity contribution in [2.75, 3.05) is 11.1 Å². The SMILES string of the molecule is Cc1cc(N)ccc1C(=O)Nc1nnns1. The summed E-state index contributed by atoms with van der Waals surface area (Å²) in [5.74, 6) is -0.240. The molecule has 0 spiro atoms. The molecule has 0 aliphatic rings. The summed E-state index contributed by atoms with van der Waals surface area (Å²) in [6.45, 7) is 1.82. The number of aryl methyl sites for hydroxylation is 1. The number of carbonyl (C=O) groups excluding carboxylic acids is 1. The van der Waals surface area contributed by atoms with Gasteiger partial charge in [-0.3, -0.25) is 10.1 Å². The number of nitrogens with one attached hydrogen (secondary N) is 1. The van der Waals surface area contributed by atoms with Gasteiger partial charge in [-0.05, 0) is 35.9 Å². The van der Waals surface area contributed by atoms with E-state index in [1.165, 1.54) is 0 Å². The molecule has 0 aliphatic carbocycles. The molecule has 0 radical (unpaired) electrons. The number of amides is 1. The van der Waals surface area contributed by atoms with Gasteiger partial charge in [0.1, 0.15) is 0 Å². The van der Waals surface area contributed by atoms with Crippen molar-refractivity contribution >= 4 is 28.3 Å². The fourth-order valence-electron chi connectivity index (χ4n) is 1.29. The highest BCUT2D eigenvalue weighted by atomic mass is 32.1. The fourth-order valence-corrected chi connectivity index (χ4v) is 1.65. The predicted molar refractivity (Wildman–Crippen MR) is 61.2 cm³/mol. The molecule has 1 amide bonds. The number of benzene rings is 1. The first-order valence-corrected chi connectivity index (χ1v) is 5.26. The maximum absolute atomic E-state index is 11.8. The summed E-state index contributed by atoms with van der Waals surface area (Å²) in [7, 11) is 0. The molecule has 82 valence electrons. The molecule has 16 heavy (non-hydrogen) atoms. The van der Waals surface area contributed by atoms with Gasteiger partial charge < -0.3 is 5.73 Å². The molecule has 0 unspecified atom stereocenters. The number of aromatic nitrogens is 3. The first-order chi connectivity index (χ1) is 7.66. The highest BCUT2D eigenvalue weighted by Gasteiger charge is 2.10. The van der Waals surface area contributed by atoms with Crippen LogP contribution in [0, 0.1) is 6.92 Å². The van der Waals surface area contributed by atoms with Crippen molar-refractivity contribution < 1.29 is 4.79 Å². The zero-order valence-electron chi connectivity index (χ0n) is 8.47. The zero-order valence-corrected chi connectivity index (χ0v) is 9.28. The van der Waals surface area contributed by atoms with E-state index in [-0.39, 0.29) is 5.91 Å². The van der Waals surface area contributed by atoms with Crippen molar-refractivity contribution in [3.05, 3.63) is 29.3 Å². The molecule has 0 bridgehead atoms. The number of rotatable bonds is 2. The maximum atomic E-state index is 11.8. The van der Waals surface area contributed by atoms with Crippen LogP contribution in [0.4, 0.5) is 10.8 Å². The third kappa shape index (κ3) is 2.14. The smallest absolute Gasteiger partial charge is 0.257 e. The average Bonchev–Trinajstić information content (AvgIpc) is 2.70. The largest absolute Gasteiger partial charge is 0.399 e. The van der Waals surface area contributed by atoms with Crippen LogP contribution in [0.25, 0.3) is 0 Å². The zero-order chi connectivity index (χ0) is 11.5. The van der Waals surface area contributed by atoms with Crippen LogP contribution in [0.5, 0.6) is 0 Å². The normalized spacial score (nSPS) is 10.1. The van der Waals surface area contributed by atoms with Crippen LogP contribution in [-0.2, 0) is 0 Å². The lowest BCUT2D eigenvalue weighted by molar-refractivity contribution is 0.102. The van der Waals surface area contributed by atoms with Gasteiger partial charge in [-0.15, -0.1) is 0 Å². The molecule has 1 aromatic carbocycles. The number of nitrogen functional groups attached to an aromatic ring is 1. The van der Waals surface area contributed by atoms with E-state index in [1.807, 2.05) is 6.92 Å². The minimum Gasteiger partial charge on any atom is -0.399 e. The second kappa shape index (κ2) is 4.23. The van der Waals surface area contributed by atoms with E-state index in [4.69, 9.17) is 5.73 Å². The molecule has 3 N–H and O–H groups in total. The number of anilines is 2. The molecule has 0 saturated carbocycles. The highest BCUT2D eigenvalue weighted by Crippen LogP contribution is 2.14. The van der Waals surface area contributed by atoms with Gasteiger partial charge >= 0.3 is 0 Å². The number of carbonyl (C=O) groups is 1. The van der Waals surface area contributed by atoms with Gasteiger partial charge in [-0.2, -0.15) is 0 Å². The minimum absolute atomic E-state index is 0.240. The van der Waals surface area contributed by atoms with Crippen molar-refractivity contribution in [3.63, 3.8) is 0 Å². The molecular formula is C9H9N5OS. The Morgan fingerprint density at radius 1 is 1.50 bits per heavy atom. The van der Waals surface area contributed by atoms with Crippen LogP contribution in [0.3, 0.4) is 0 Å². The van der Waals surface area contributed by atoms with E-state index >= 15 is 0 Å². The van der Waals surface area contributed by atoms with Crippen LogP contribution < -0.4 is 11.1 Å². The lowest BCUT2D eigenvalue weighted by Crippen LogP contribution is -2.13. The maximum Gasteiger partial charge on any atom is 0.257 e. The molecule has 2 aromatic rings. The third-order valence-electron chi connectivity index (χ3n) is 2.01.